The summed E-state index contributed by atoms with van der Waals surface area (Å²) in [6.07, 6.45) is 1.44. The highest BCUT2D eigenvalue weighted by Crippen LogP contribution is 2.30. The predicted molar refractivity (Wildman–Crippen MR) is 48.4 cm³/mol. The van der Waals surface area contributed by atoms with Gasteiger partial charge in [0.15, 0.2) is 0 Å². The van der Waals surface area contributed by atoms with E-state index in [0.717, 1.165) is 29.5 Å². The van der Waals surface area contributed by atoms with Crippen molar-refractivity contribution in [3.63, 3.8) is 0 Å². The fourth-order valence-electron chi connectivity index (χ4n) is 1.90. The molecule has 0 amide bonds. The van der Waals surface area contributed by atoms with Crippen molar-refractivity contribution in [2.45, 2.75) is 24.7 Å². The minimum atomic E-state index is -4.02. The molecule has 0 saturated heterocycles. The summed E-state index contributed by atoms with van der Waals surface area (Å²) < 4.78 is 30.9. The third-order valence-corrected chi connectivity index (χ3v) is 3.35. The van der Waals surface area contributed by atoms with Crippen molar-refractivity contribution in [1.29, 1.82) is 0 Å². The molecule has 1 aromatic rings. The van der Waals surface area contributed by atoms with E-state index in [-0.39, 0.29) is 4.90 Å². The lowest BCUT2D eigenvalue weighted by atomic mass is 10.2. The Morgan fingerprint density at radius 3 is 2.08 bits per heavy atom. The van der Waals surface area contributed by atoms with E-state index < -0.39 is 10.1 Å². The molecule has 0 saturated carbocycles. The van der Waals surface area contributed by atoms with Crippen LogP contribution in [0.4, 0.5) is 0 Å². The molecule has 0 aromatic heterocycles. The first-order valence-electron chi connectivity index (χ1n) is 4.08. The first-order valence-corrected chi connectivity index (χ1v) is 5.52. The number of rotatable bonds is 1. The van der Waals surface area contributed by atoms with Gasteiger partial charge in [0.2, 0.25) is 0 Å². The molecule has 0 atom stereocenters. The van der Waals surface area contributed by atoms with Crippen molar-refractivity contribution < 1.29 is 13.0 Å². The van der Waals surface area contributed by atoms with Gasteiger partial charge in [-0.1, -0.05) is 17.7 Å². The van der Waals surface area contributed by atoms with E-state index in [1.807, 2.05) is 19.1 Å². The average Bonchev–Trinajstić information content (AvgIpc) is 2.23. The maximum Gasteiger partial charge on any atom is 0.295 e. The van der Waals surface area contributed by atoms with Crippen molar-refractivity contribution in [2.24, 2.45) is 0 Å². The number of hydrogen-bond donors (Lipinski definition) is 1. The van der Waals surface area contributed by atoms with Crippen LogP contribution in [0, 0.1) is 6.92 Å². The van der Waals surface area contributed by atoms with E-state index in [1.54, 1.807) is 0 Å². The summed E-state index contributed by atoms with van der Waals surface area (Å²) in [6, 6.07) is 3.64. The van der Waals surface area contributed by atoms with Crippen molar-refractivity contribution >= 4 is 10.1 Å². The summed E-state index contributed by atoms with van der Waals surface area (Å²) in [4.78, 5) is 0.137. The summed E-state index contributed by atoms with van der Waals surface area (Å²) in [5.74, 6) is 0. The van der Waals surface area contributed by atoms with Crippen molar-refractivity contribution in [1.82, 2.24) is 0 Å². The van der Waals surface area contributed by atoms with Crippen LogP contribution in [-0.2, 0) is 23.0 Å². The van der Waals surface area contributed by atoms with Crippen LogP contribution < -0.4 is 0 Å². The Morgan fingerprint density at radius 1 is 1.23 bits per heavy atom. The molecular weight excluding hydrogens is 188 g/mol. The fraction of sp³-hybridized carbons (Fsp3) is 0.333. The molecule has 0 fully saturated rings. The van der Waals surface area contributed by atoms with Crippen LogP contribution in [0.2, 0.25) is 0 Å². The summed E-state index contributed by atoms with van der Waals surface area (Å²) in [5, 5.41) is 0. The monoisotopic (exact) mass is 198 g/mol. The second-order valence-corrected chi connectivity index (χ2v) is 4.75. The molecule has 13 heavy (non-hydrogen) atoms. The Bertz CT molecular complexity index is 435. The molecule has 0 radical (unpaired) electrons. The van der Waals surface area contributed by atoms with E-state index in [1.165, 1.54) is 0 Å². The third-order valence-electron chi connectivity index (χ3n) is 2.31. The molecule has 70 valence electrons. The van der Waals surface area contributed by atoms with E-state index in [2.05, 4.69) is 0 Å². The number of benzene rings is 1. The quantitative estimate of drug-likeness (QED) is 0.693. The van der Waals surface area contributed by atoms with Crippen molar-refractivity contribution in [3.8, 4) is 0 Å². The van der Waals surface area contributed by atoms with E-state index in [4.69, 9.17) is 4.55 Å². The third kappa shape index (κ3) is 1.36. The zero-order valence-electron chi connectivity index (χ0n) is 7.24. The Labute approximate surface area is 77.1 Å². The van der Waals surface area contributed by atoms with Gasteiger partial charge >= 0.3 is 0 Å². The average molecular weight is 198 g/mol. The molecule has 2 bridgehead atoms. The van der Waals surface area contributed by atoms with Gasteiger partial charge in [-0.3, -0.25) is 4.55 Å². The molecule has 4 heteroatoms. The number of fused-ring (bicyclic) bond motifs is 2. The van der Waals surface area contributed by atoms with Gasteiger partial charge in [-0.25, -0.2) is 0 Å². The molecule has 3 nitrogen and oxygen atoms in total. The maximum absolute atomic E-state index is 11.0. The lowest BCUT2D eigenvalue weighted by molar-refractivity contribution is 0.482. The van der Waals surface area contributed by atoms with Gasteiger partial charge in [-0.15, -0.1) is 0 Å². The molecule has 0 aliphatic heterocycles. The molecule has 0 heterocycles. The second-order valence-electron chi connectivity index (χ2n) is 3.39. The van der Waals surface area contributed by atoms with Crippen molar-refractivity contribution in [3.05, 3.63) is 28.8 Å². The highest BCUT2D eigenvalue weighted by molar-refractivity contribution is 7.86. The van der Waals surface area contributed by atoms with Crippen LogP contribution in [0.25, 0.3) is 0 Å². The molecule has 0 spiro atoms. The Balaban J connectivity index is 2.76. The number of aryl methyl sites for hydroxylation is 3. The lowest BCUT2D eigenvalue weighted by Gasteiger charge is -2.02. The van der Waals surface area contributed by atoms with Gasteiger partial charge in [-0.2, -0.15) is 8.42 Å². The second kappa shape index (κ2) is 2.56. The van der Waals surface area contributed by atoms with Gasteiger partial charge in [0.05, 0.1) is 0 Å². The summed E-state index contributed by atoms with van der Waals surface area (Å²) in [5.41, 5.74) is 2.55. The molecule has 0 unspecified atom stereocenters. The molecule has 2 rings (SSSR count). The summed E-state index contributed by atoms with van der Waals surface area (Å²) in [7, 11) is -4.02. The van der Waals surface area contributed by atoms with E-state index in [9.17, 15) is 8.42 Å². The smallest absolute Gasteiger partial charge is 0.282 e. The maximum atomic E-state index is 11.0. The normalized spacial score (nSPS) is 14.9. The topological polar surface area (TPSA) is 54.4 Å². The van der Waals surface area contributed by atoms with Gasteiger partial charge in [-0.05, 0) is 30.9 Å². The SMILES string of the molecule is Cc1cc2c(S(=O)(=O)O)c(c1)CC2. The highest BCUT2D eigenvalue weighted by Gasteiger charge is 2.25. The first-order chi connectivity index (χ1) is 5.98. The molecule has 1 aliphatic rings. The largest absolute Gasteiger partial charge is 0.295 e. The Morgan fingerprint density at radius 2 is 1.69 bits per heavy atom. The van der Waals surface area contributed by atoms with E-state index in [0.29, 0.717) is 0 Å². The summed E-state index contributed by atoms with van der Waals surface area (Å²) >= 11 is 0. The zero-order chi connectivity index (χ0) is 9.64. The summed E-state index contributed by atoms with van der Waals surface area (Å²) in [6.45, 7) is 1.92. The highest BCUT2D eigenvalue weighted by atomic mass is 32.2. The van der Waals surface area contributed by atoms with Crippen LogP contribution in [0.5, 0.6) is 0 Å². The van der Waals surface area contributed by atoms with Crippen LogP contribution in [0.3, 0.4) is 0 Å². The van der Waals surface area contributed by atoms with Crippen LogP contribution in [-0.4, -0.2) is 13.0 Å². The molecule has 1 N–H and O–H groups in total. The Hall–Kier alpha value is -0.870. The molecule has 1 aliphatic carbocycles. The minimum Gasteiger partial charge on any atom is -0.282 e. The first kappa shape index (κ1) is 8.72. The zero-order valence-corrected chi connectivity index (χ0v) is 8.06. The fourth-order valence-corrected chi connectivity index (χ4v) is 2.89. The molecular formula is C9H10O3S. The van der Waals surface area contributed by atoms with E-state index >= 15 is 0 Å². The van der Waals surface area contributed by atoms with Gasteiger partial charge in [0.1, 0.15) is 4.90 Å². The van der Waals surface area contributed by atoms with Crippen LogP contribution in [0.1, 0.15) is 16.7 Å². The van der Waals surface area contributed by atoms with Gasteiger partial charge < -0.3 is 0 Å². The van der Waals surface area contributed by atoms with Gasteiger partial charge in [0, 0.05) is 0 Å². The van der Waals surface area contributed by atoms with Crippen LogP contribution in [0.15, 0.2) is 17.0 Å². The molecule has 1 aromatic carbocycles. The number of hydrogen-bond acceptors (Lipinski definition) is 2. The van der Waals surface area contributed by atoms with Crippen LogP contribution >= 0.6 is 0 Å². The predicted octanol–water partition coefficient (Wildman–Crippen LogP) is 1.34. The minimum absolute atomic E-state index is 0.137. The Kier molecular flexibility index (Phi) is 1.72. The lowest BCUT2D eigenvalue weighted by Crippen LogP contribution is -2.01. The standard InChI is InChI=1S/C9H10O3S/c1-6-4-7-2-3-8(5-6)9(7)13(10,11)12/h4-5H,2-3H2,1H3,(H,10,11,12). The van der Waals surface area contributed by atoms with Crippen molar-refractivity contribution in [2.75, 3.05) is 0 Å². The van der Waals surface area contributed by atoms with Gasteiger partial charge in [0.25, 0.3) is 10.1 Å².